The van der Waals surface area contributed by atoms with Crippen LogP contribution in [0.4, 0.5) is 0 Å². The van der Waals surface area contributed by atoms with Crippen molar-refractivity contribution in [2.75, 3.05) is 6.61 Å². The van der Waals surface area contributed by atoms with Gasteiger partial charge in [0.1, 0.15) is 0 Å². The minimum absolute atomic E-state index is 0.0622. The Bertz CT molecular complexity index is 531. The van der Waals surface area contributed by atoms with Crippen molar-refractivity contribution in [3.8, 4) is 0 Å². The Morgan fingerprint density at radius 1 is 1.24 bits per heavy atom. The number of carbonyl (C=O) groups is 1. The fourth-order valence-corrected chi connectivity index (χ4v) is 5.84. The normalized spacial score (nSPS) is 58.8. The zero-order chi connectivity index (χ0) is 15.1. The van der Waals surface area contributed by atoms with E-state index in [0.717, 1.165) is 32.1 Å². The SMILES string of the molecule is C[C@]1(O)CC[C@@]2(C)[C@@H](CC[C@@]3(C)[C@@H]2C=CC(=O)[C@@]32CO2)C1. The van der Waals surface area contributed by atoms with Crippen LogP contribution in [0.15, 0.2) is 12.2 Å². The topological polar surface area (TPSA) is 49.8 Å². The van der Waals surface area contributed by atoms with Gasteiger partial charge in [0.05, 0.1) is 12.2 Å². The molecule has 21 heavy (non-hydrogen) atoms. The van der Waals surface area contributed by atoms with Gasteiger partial charge in [-0.2, -0.15) is 0 Å². The van der Waals surface area contributed by atoms with Gasteiger partial charge < -0.3 is 9.84 Å². The number of hydrogen-bond acceptors (Lipinski definition) is 3. The maximum Gasteiger partial charge on any atom is 0.190 e. The first-order chi connectivity index (χ1) is 9.74. The van der Waals surface area contributed by atoms with Crippen LogP contribution in [0.5, 0.6) is 0 Å². The molecule has 3 heteroatoms. The maximum absolute atomic E-state index is 12.4. The lowest BCUT2D eigenvalue weighted by Crippen LogP contribution is -2.60. The van der Waals surface area contributed by atoms with Crippen molar-refractivity contribution < 1.29 is 14.6 Å². The molecular formula is C18H26O3. The van der Waals surface area contributed by atoms with Crippen LogP contribution in [0, 0.1) is 22.7 Å². The smallest absolute Gasteiger partial charge is 0.190 e. The lowest BCUT2D eigenvalue weighted by Gasteiger charge is -2.61. The fourth-order valence-electron chi connectivity index (χ4n) is 5.84. The number of ether oxygens (including phenoxy) is 1. The molecule has 2 saturated carbocycles. The van der Waals surface area contributed by atoms with Crippen LogP contribution in [0.25, 0.3) is 0 Å². The molecule has 0 amide bonds. The van der Waals surface area contributed by atoms with E-state index in [4.69, 9.17) is 4.74 Å². The molecule has 3 fully saturated rings. The third kappa shape index (κ3) is 1.60. The molecule has 0 aromatic heterocycles. The lowest BCUT2D eigenvalue weighted by atomic mass is 9.43. The van der Waals surface area contributed by atoms with Crippen LogP contribution < -0.4 is 0 Å². The molecular weight excluding hydrogens is 264 g/mol. The maximum atomic E-state index is 12.4. The minimum Gasteiger partial charge on any atom is -0.390 e. The minimum atomic E-state index is -0.527. The Morgan fingerprint density at radius 2 is 1.95 bits per heavy atom. The summed E-state index contributed by atoms with van der Waals surface area (Å²) < 4.78 is 5.74. The van der Waals surface area contributed by atoms with Crippen molar-refractivity contribution in [2.24, 2.45) is 22.7 Å². The zero-order valence-corrected chi connectivity index (χ0v) is 13.3. The predicted molar refractivity (Wildman–Crippen MR) is 79.7 cm³/mol. The highest BCUT2D eigenvalue weighted by Crippen LogP contribution is 2.68. The second-order valence-corrected chi connectivity index (χ2v) is 8.68. The van der Waals surface area contributed by atoms with E-state index in [2.05, 4.69) is 19.9 Å². The molecule has 0 aromatic carbocycles. The van der Waals surface area contributed by atoms with Gasteiger partial charge in [-0.1, -0.05) is 19.9 Å². The van der Waals surface area contributed by atoms with Gasteiger partial charge in [0.2, 0.25) is 0 Å². The van der Waals surface area contributed by atoms with Crippen molar-refractivity contribution in [3.05, 3.63) is 12.2 Å². The standard InChI is InChI=1S/C18H26O3/c1-15(20)8-9-16(2)12(10-15)6-7-17(3)13(16)4-5-14(19)18(17)11-21-18/h4-5,12-13,20H,6-11H2,1-3H3/t12-,13+,15-,16-,17-,18-/m0/s1. The van der Waals surface area contributed by atoms with E-state index in [1.165, 1.54) is 0 Å². The predicted octanol–water partition coefficient (Wildman–Crippen LogP) is 2.87. The highest BCUT2D eigenvalue weighted by atomic mass is 16.6. The van der Waals surface area contributed by atoms with E-state index >= 15 is 0 Å². The van der Waals surface area contributed by atoms with E-state index in [1.807, 2.05) is 6.92 Å². The van der Waals surface area contributed by atoms with Gasteiger partial charge in [0.15, 0.2) is 11.4 Å². The largest absolute Gasteiger partial charge is 0.390 e. The summed E-state index contributed by atoms with van der Waals surface area (Å²) in [4.78, 5) is 12.4. The Labute approximate surface area is 126 Å². The average molecular weight is 290 g/mol. The molecule has 0 bridgehead atoms. The Balaban J connectivity index is 1.76. The highest BCUT2D eigenvalue weighted by molar-refractivity contribution is 6.01. The molecule has 1 N–H and O–H groups in total. The second kappa shape index (κ2) is 3.80. The summed E-state index contributed by atoms with van der Waals surface area (Å²) >= 11 is 0. The summed E-state index contributed by atoms with van der Waals surface area (Å²) in [5, 5.41) is 10.4. The monoisotopic (exact) mass is 290 g/mol. The van der Waals surface area contributed by atoms with Gasteiger partial charge in [0.25, 0.3) is 0 Å². The molecule has 0 aromatic rings. The number of hydrogen-bond donors (Lipinski definition) is 1. The number of ketones is 1. The van der Waals surface area contributed by atoms with Gasteiger partial charge >= 0.3 is 0 Å². The number of carbonyl (C=O) groups excluding carboxylic acids is 1. The first kappa shape index (κ1) is 14.0. The summed E-state index contributed by atoms with van der Waals surface area (Å²) in [5.74, 6) is 1.11. The van der Waals surface area contributed by atoms with E-state index in [9.17, 15) is 9.90 Å². The highest BCUT2D eigenvalue weighted by Gasteiger charge is 2.71. The zero-order valence-electron chi connectivity index (χ0n) is 13.3. The Kier molecular flexibility index (Phi) is 2.53. The molecule has 6 atom stereocenters. The molecule has 4 rings (SSSR count). The molecule has 0 radical (unpaired) electrons. The van der Waals surface area contributed by atoms with E-state index in [1.54, 1.807) is 6.08 Å². The van der Waals surface area contributed by atoms with Crippen LogP contribution in [-0.4, -0.2) is 28.7 Å². The summed E-state index contributed by atoms with van der Waals surface area (Å²) in [6.45, 7) is 7.22. The second-order valence-electron chi connectivity index (χ2n) is 8.68. The Morgan fingerprint density at radius 3 is 2.62 bits per heavy atom. The molecule has 0 unspecified atom stereocenters. The molecule has 1 aliphatic heterocycles. The van der Waals surface area contributed by atoms with E-state index in [-0.39, 0.29) is 16.6 Å². The summed E-state index contributed by atoms with van der Waals surface area (Å²) in [6, 6.07) is 0. The first-order valence-electron chi connectivity index (χ1n) is 8.33. The summed E-state index contributed by atoms with van der Waals surface area (Å²) in [7, 11) is 0. The average Bonchev–Trinajstić information content (AvgIpc) is 3.19. The number of fused-ring (bicyclic) bond motifs is 4. The molecule has 3 nitrogen and oxygen atoms in total. The van der Waals surface area contributed by atoms with Gasteiger partial charge in [-0.15, -0.1) is 0 Å². The first-order valence-corrected chi connectivity index (χ1v) is 8.33. The van der Waals surface area contributed by atoms with Crippen LogP contribution in [-0.2, 0) is 9.53 Å². The van der Waals surface area contributed by atoms with Crippen LogP contribution in [0.3, 0.4) is 0 Å². The van der Waals surface area contributed by atoms with Crippen molar-refractivity contribution in [2.45, 2.75) is 64.1 Å². The van der Waals surface area contributed by atoms with E-state index < -0.39 is 11.2 Å². The van der Waals surface area contributed by atoms with Crippen molar-refractivity contribution >= 4 is 5.78 Å². The number of rotatable bonds is 0. The van der Waals surface area contributed by atoms with Crippen molar-refractivity contribution in [1.29, 1.82) is 0 Å². The summed E-state index contributed by atoms with van der Waals surface area (Å²) in [6.07, 6.45) is 8.88. The van der Waals surface area contributed by atoms with Crippen molar-refractivity contribution in [1.82, 2.24) is 0 Å². The third-order valence-corrected chi connectivity index (χ3v) is 7.42. The van der Waals surface area contributed by atoms with Gasteiger partial charge in [0, 0.05) is 5.41 Å². The molecule has 116 valence electrons. The number of epoxide rings is 1. The Hall–Kier alpha value is -0.670. The van der Waals surface area contributed by atoms with E-state index in [0.29, 0.717) is 18.4 Å². The lowest BCUT2D eigenvalue weighted by molar-refractivity contribution is -0.152. The molecule has 3 aliphatic carbocycles. The van der Waals surface area contributed by atoms with Gasteiger partial charge in [-0.05, 0) is 62.4 Å². The van der Waals surface area contributed by atoms with Crippen molar-refractivity contribution in [3.63, 3.8) is 0 Å². The molecule has 1 spiro atoms. The molecule has 1 saturated heterocycles. The quantitative estimate of drug-likeness (QED) is 0.698. The molecule has 4 aliphatic rings. The van der Waals surface area contributed by atoms with Gasteiger partial charge in [-0.25, -0.2) is 0 Å². The fraction of sp³-hybridized carbons (Fsp3) is 0.833. The third-order valence-electron chi connectivity index (χ3n) is 7.42. The summed E-state index contributed by atoms with van der Waals surface area (Å²) in [5.41, 5.74) is -0.918. The van der Waals surface area contributed by atoms with Crippen LogP contribution in [0.2, 0.25) is 0 Å². The van der Waals surface area contributed by atoms with Crippen LogP contribution in [0.1, 0.15) is 52.9 Å². The van der Waals surface area contributed by atoms with Gasteiger partial charge in [-0.3, -0.25) is 4.79 Å². The van der Waals surface area contributed by atoms with Crippen LogP contribution >= 0.6 is 0 Å². The molecule has 1 heterocycles. The number of aliphatic hydroxyl groups is 1. The number of allylic oxidation sites excluding steroid dienone is 1.